The number of thioether (sulfide) groups is 1. The van der Waals surface area contributed by atoms with Gasteiger partial charge in [-0.2, -0.15) is 0 Å². The Morgan fingerprint density at radius 1 is 1.00 bits per heavy atom. The lowest BCUT2D eigenvalue weighted by atomic mass is 10.00. The zero-order chi connectivity index (χ0) is 14.7. The van der Waals surface area contributed by atoms with E-state index in [0.29, 0.717) is 4.91 Å². The lowest BCUT2D eigenvalue weighted by molar-refractivity contribution is -0.145. The highest BCUT2D eigenvalue weighted by Crippen LogP contribution is 2.39. The van der Waals surface area contributed by atoms with Crippen molar-refractivity contribution in [3.63, 3.8) is 0 Å². The van der Waals surface area contributed by atoms with Gasteiger partial charge in [0.15, 0.2) is 0 Å². The summed E-state index contributed by atoms with van der Waals surface area (Å²) >= 11 is 1.48. The van der Waals surface area contributed by atoms with Gasteiger partial charge in [-0.3, -0.25) is 0 Å². The average molecular weight is 296 g/mol. The quantitative estimate of drug-likeness (QED) is 0.765. The third kappa shape index (κ3) is 3.19. The van der Waals surface area contributed by atoms with Gasteiger partial charge in [-0.05, 0) is 30.2 Å². The molecular formula is C18H16O2S. The maximum Gasteiger partial charge on any atom is 0.345 e. The second kappa shape index (κ2) is 6.19. The maximum absolute atomic E-state index is 12.3. The molecule has 0 aromatic heterocycles. The first-order valence-electron chi connectivity index (χ1n) is 6.92. The second-order valence-corrected chi connectivity index (χ2v) is 6.12. The molecule has 2 aromatic rings. The topological polar surface area (TPSA) is 26.3 Å². The highest BCUT2D eigenvalue weighted by atomic mass is 32.2. The smallest absolute Gasteiger partial charge is 0.345 e. The summed E-state index contributed by atoms with van der Waals surface area (Å²) in [4.78, 5) is 14.1. The number of benzene rings is 2. The first kappa shape index (κ1) is 14.0. The molecule has 0 saturated heterocycles. The molecular weight excluding hydrogens is 280 g/mol. The van der Waals surface area contributed by atoms with Crippen LogP contribution in [0.25, 0.3) is 0 Å². The number of carbonyl (C=O) groups is 1. The number of cyclic esters (lactones) is 1. The molecule has 0 saturated carbocycles. The van der Waals surface area contributed by atoms with Crippen molar-refractivity contribution in [2.24, 2.45) is 0 Å². The minimum Gasteiger partial charge on any atom is -0.453 e. The Bertz CT molecular complexity index is 662. The van der Waals surface area contributed by atoms with Crippen molar-refractivity contribution in [3.8, 4) is 0 Å². The summed E-state index contributed by atoms with van der Waals surface area (Å²) in [6, 6.07) is 19.8. The van der Waals surface area contributed by atoms with Gasteiger partial charge in [0.25, 0.3) is 0 Å². The van der Waals surface area contributed by atoms with Crippen LogP contribution >= 0.6 is 11.8 Å². The van der Waals surface area contributed by atoms with Crippen molar-refractivity contribution in [1.82, 2.24) is 0 Å². The first-order chi connectivity index (χ1) is 10.2. The van der Waals surface area contributed by atoms with E-state index in [9.17, 15) is 4.79 Å². The lowest BCUT2D eigenvalue weighted by Gasteiger charge is -2.25. The van der Waals surface area contributed by atoms with E-state index in [2.05, 4.69) is 0 Å². The molecule has 0 radical (unpaired) electrons. The van der Waals surface area contributed by atoms with E-state index in [1.807, 2.05) is 67.6 Å². The van der Waals surface area contributed by atoms with Gasteiger partial charge in [0.2, 0.25) is 0 Å². The molecule has 2 aromatic carbocycles. The highest BCUT2D eigenvalue weighted by molar-refractivity contribution is 8.04. The summed E-state index contributed by atoms with van der Waals surface area (Å²) < 4.78 is 5.61. The number of ether oxygens (including phenoxy) is 1. The number of rotatable bonds is 3. The Labute approximate surface area is 128 Å². The second-order valence-electron chi connectivity index (χ2n) is 5.03. The predicted octanol–water partition coefficient (Wildman–Crippen LogP) is 4.74. The number of hydrogen-bond donors (Lipinski definition) is 0. The summed E-state index contributed by atoms with van der Waals surface area (Å²) in [5, 5.41) is 0. The summed E-state index contributed by atoms with van der Waals surface area (Å²) in [5.41, 5.74) is 2.14. The van der Waals surface area contributed by atoms with E-state index in [-0.39, 0.29) is 12.1 Å². The van der Waals surface area contributed by atoms with Crippen LogP contribution in [0.4, 0.5) is 0 Å². The number of carbonyl (C=O) groups excluding carboxylic acids is 1. The van der Waals surface area contributed by atoms with Gasteiger partial charge >= 0.3 is 5.97 Å². The Kier molecular flexibility index (Phi) is 4.11. The van der Waals surface area contributed by atoms with E-state index in [0.717, 1.165) is 22.5 Å². The van der Waals surface area contributed by atoms with Crippen LogP contribution in [-0.4, -0.2) is 5.97 Å². The van der Waals surface area contributed by atoms with Crippen LogP contribution in [0.2, 0.25) is 0 Å². The molecule has 0 bridgehead atoms. The third-order valence-electron chi connectivity index (χ3n) is 3.45. The van der Waals surface area contributed by atoms with Gasteiger partial charge < -0.3 is 4.74 Å². The van der Waals surface area contributed by atoms with Crippen molar-refractivity contribution in [1.29, 1.82) is 0 Å². The average Bonchev–Trinajstić information content (AvgIpc) is 2.52. The van der Waals surface area contributed by atoms with Gasteiger partial charge in [0, 0.05) is 11.3 Å². The molecule has 1 heterocycles. The molecule has 1 unspecified atom stereocenters. The van der Waals surface area contributed by atoms with Crippen LogP contribution < -0.4 is 0 Å². The van der Waals surface area contributed by atoms with Crippen molar-refractivity contribution in [2.75, 3.05) is 0 Å². The summed E-state index contributed by atoms with van der Waals surface area (Å²) in [5.74, 6) is -0.221. The molecule has 1 atom stereocenters. The van der Waals surface area contributed by atoms with Crippen LogP contribution in [0.5, 0.6) is 0 Å². The van der Waals surface area contributed by atoms with Gasteiger partial charge in [0.05, 0.1) is 4.91 Å². The fourth-order valence-electron chi connectivity index (χ4n) is 2.36. The fraction of sp³-hybridized carbons (Fsp3) is 0.167. The maximum atomic E-state index is 12.3. The van der Waals surface area contributed by atoms with Gasteiger partial charge in [-0.1, -0.05) is 60.3 Å². The van der Waals surface area contributed by atoms with E-state index >= 15 is 0 Å². The zero-order valence-electron chi connectivity index (χ0n) is 11.8. The van der Waals surface area contributed by atoms with Crippen molar-refractivity contribution in [3.05, 3.63) is 76.7 Å². The number of esters is 1. The molecule has 106 valence electrons. The molecule has 21 heavy (non-hydrogen) atoms. The molecule has 1 aliphatic rings. The Hall–Kier alpha value is -2.00. The normalized spacial score (nSPS) is 18.5. The minimum atomic E-state index is -0.221. The summed E-state index contributed by atoms with van der Waals surface area (Å²) in [7, 11) is 0. The fourth-order valence-corrected chi connectivity index (χ4v) is 3.28. The van der Waals surface area contributed by atoms with Crippen LogP contribution in [-0.2, 0) is 9.53 Å². The Morgan fingerprint density at radius 3 is 2.24 bits per heavy atom. The third-order valence-corrected chi connectivity index (χ3v) is 4.68. The predicted molar refractivity (Wildman–Crippen MR) is 84.9 cm³/mol. The molecule has 0 aliphatic carbocycles. The van der Waals surface area contributed by atoms with Gasteiger partial charge in [-0.15, -0.1) is 0 Å². The Balaban J connectivity index is 1.82. The van der Waals surface area contributed by atoms with Gasteiger partial charge in [0.1, 0.15) is 6.10 Å². The first-order valence-corrected chi connectivity index (χ1v) is 7.74. The molecule has 2 nitrogen and oxygen atoms in total. The molecule has 1 aliphatic heterocycles. The molecule has 3 heteroatoms. The van der Waals surface area contributed by atoms with Crippen molar-refractivity contribution < 1.29 is 9.53 Å². The molecule has 0 spiro atoms. The largest absolute Gasteiger partial charge is 0.453 e. The van der Waals surface area contributed by atoms with Gasteiger partial charge in [-0.25, -0.2) is 4.79 Å². The Morgan fingerprint density at radius 2 is 1.62 bits per heavy atom. The molecule has 3 rings (SSSR count). The van der Waals surface area contributed by atoms with Crippen LogP contribution in [0, 0.1) is 0 Å². The standard InChI is InChI=1S/C18H16O2S/c1-13-12-16(14-8-4-2-5-9-14)20-18(19)17(13)21-15-10-6-3-7-11-15/h2-11,16H,12H2,1H3. The van der Waals surface area contributed by atoms with Crippen molar-refractivity contribution in [2.45, 2.75) is 24.3 Å². The minimum absolute atomic E-state index is 0.168. The summed E-state index contributed by atoms with van der Waals surface area (Å²) in [6.07, 6.45) is 0.587. The zero-order valence-corrected chi connectivity index (χ0v) is 12.6. The monoisotopic (exact) mass is 296 g/mol. The van der Waals surface area contributed by atoms with E-state index in [1.54, 1.807) is 0 Å². The molecule has 0 amide bonds. The van der Waals surface area contributed by atoms with Crippen LogP contribution in [0.3, 0.4) is 0 Å². The molecule has 0 fully saturated rings. The van der Waals surface area contributed by atoms with Crippen LogP contribution in [0.15, 0.2) is 76.0 Å². The summed E-state index contributed by atoms with van der Waals surface area (Å²) in [6.45, 7) is 2.02. The SMILES string of the molecule is CC1=C(Sc2ccccc2)C(=O)OC(c2ccccc2)C1. The number of hydrogen-bond acceptors (Lipinski definition) is 3. The van der Waals surface area contributed by atoms with E-state index in [4.69, 9.17) is 4.74 Å². The van der Waals surface area contributed by atoms with Crippen molar-refractivity contribution >= 4 is 17.7 Å². The lowest BCUT2D eigenvalue weighted by Crippen LogP contribution is -2.19. The molecule has 0 N–H and O–H groups in total. The van der Waals surface area contributed by atoms with E-state index < -0.39 is 0 Å². The van der Waals surface area contributed by atoms with E-state index in [1.165, 1.54) is 11.8 Å². The van der Waals surface area contributed by atoms with Crippen LogP contribution in [0.1, 0.15) is 25.0 Å². The highest BCUT2D eigenvalue weighted by Gasteiger charge is 2.28.